The van der Waals surface area contributed by atoms with Crippen molar-refractivity contribution in [3.63, 3.8) is 0 Å². The zero-order chi connectivity index (χ0) is 11.7. The Bertz CT molecular complexity index is 639. The number of thiazole rings is 1. The van der Waals surface area contributed by atoms with Crippen molar-refractivity contribution in [2.45, 2.75) is 13.0 Å². The third kappa shape index (κ3) is 1.97. The molecular weight excluding hydrogens is 230 g/mol. The molecule has 3 nitrogen and oxygen atoms in total. The van der Waals surface area contributed by atoms with E-state index >= 15 is 0 Å². The zero-order valence-corrected chi connectivity index (χ0v) is 10.1. The van der Waals surface area contributed by atoms with Gasteiger partial charge in [0.2, 0.25) is 0 Å². The van der Waals surface area contributed by atoms with Crippen molar-refractivity contribution in [1.82, 2.24) is 9.97 Å². The molecule has 0 saturated heterocycles. The standard InChI is InChI=1S/C13H13N3S/c14-6-10-8-17-13(16-10)5-9-7-15-12-4-2-1-3-11(9)12/h1-4,7-8,15H,5-6,14H2. The van der Waals surface area contributed by atoms with Crippen LogP contribution in [0.3, 0.4) is 0 Å². The molecule has 0 aliphatic carbocycles. The molecule has 3 rings (SSSR count). The maximum atomic E-state index is 5.57. The SMILES string of the molecule is NCc1csc(Cc2c[nH]c3ccccc23)n1. The van der Waals surface area contributed by atoms with E-state index in [2.05, 4.69) is 34.4 Å². The second-order valence-electron chi connectivity index (χ2n) is 3.97. The summed E-state index contributed by atoms with van der Waals surface area (Å²) in [5.41, 5.74) is 9.01. The predicted molar refractivity (Wildman–Crippen MR) is 71.1 cm³/mol. The van der Waals surface area contributed by atoms with Gasteiger partial charge in [-0.05, 0) is 11.6 Å². The van der Waals surface area contributed by atoms with Crippen LogP contribution in [0.1, 0.15) is 16.3 Å². The molecule has 3 N–H and O–H groups in total. The summed E-state index contributed by atoms with van der Waals surface area (Å²) in [6.07, 6.45) is 2.93. The molecule has 0 aliphatic rings. The van der Waals surface area contributed by atoms with Gasteiger partial charge in [0, 0.05) is 35.4 Å². The second kappa shape index (κ2) is 4.31. The molecule has 0 spiro atoms. The minimum absolute atomic E-state index is 0.518. The fourth-order valence-corrected chi connectivity index (χ4v) is 2.79. The Morgan fingerprint density at radius 2 is 2.18 bits per heavy atom. The lowest BCUT2D eigenvalue weighted by molar-refractivity contribution is 0.984. The molecule has 0 amide bonds. The summed E-state index contributed by atoms with van der Waals surface area (Å²) >= 11 is 1.68. The quantitative estimate of drug-likeness (QED) is 0.743. The van der Waals surface area contributed by atoms with E-state index in [1.807, 2.05) is 11.4 Å². The van der Waals surface area contributed by atoms with Crippen LogP contribution in [0.5, 0.6) is 0 Å². The lowest BCUT2D eigenvalue weighted by Crippen LogP contribution is -1.96. The summed E-state index contributed by atoms with van der Waals surface area (Å²) in [5.74, 6) is 0. The Morgan fingerprint density at radius 3 is 3.00 bits per heavy atom. The van der Waals surface area contributed by atoms with Gasteiger partial charge in [-0.3, -0.25) is 0 Å². The first-order chi connectivity index (χ1) is 8.36. The fraction of sp³-hybridized carbons (Fsp3) is 0.154. The van der Waals surface area contributed by atoms with Crippen LogP contribution in [-0.4, -0.2) is 9.97 Å². The van der Waals surface area contributed by atoms with Gasteiger partial charge >= 0.3 is 0 Å². The highest BCUT2D eigenvalue weighted by Crippen LogP contribution is 2.22. The number of aromatic nitrogens is 2. The van der Waals surface area contributed by atoms with Crippen molar-refractivity contribution in [2.75, 3.05) is 0 Å². The minimum atomic E-state index is 0.518. The third-order valence-corrected chi connectivity index (χ3v) is 3.72. The summed E-state index contributed by atoms with van der Waals surface area (Å²) in [4.78, 5) is 7.77. The van der Waals surface area contributed by atoms with Crippen LogP contribution in [0.2, 0.25) is 0 Å². The first-order valence-corrected chi connectivity index (χ1v) is 6.43. The van der Waals surface area contributed by atoms with Crippen molar-refractivity contribution in [1.29, 1.82) is 0 Å². The Hall–Kier alpha value is -1.65. The highest BCUT2D eigenvalue weighted by molar-refractivity contribution is 7.09. The number of benzene rings is 1. The number of hydrogen-bond donors (Lipinski definition) is 2. The normalized spacial score (nSPS) is 11.1. The lowest BCUT2D eigenvalue weighted by atomic mass is 10.1. The van der Waals surface area contributed by atoms with Gasteiger partial charge in [-0.2, -0.15) is 0 Å². The van der Waals surface area contributed by atoms with E-state index in [0.717, 1.165) is 17.1 Å². The Labute approximate surface area is 103 Å². The molecule has 86 valence electrons. The molecule has 0 fully saturated rings. The summed E-state index contributed by atoms with van der Waals surface area (Å²) in [6.45, 7) is 0.518. The molecule has 0 atom stereocenters. The number of para-hydroxylation sites is 1. The molecule has 2 heterocycles. The van der Waals surface area contributed by atoms with Gasteiger partial charge in [0.15, 0.2) is 0 Å². The van der Waals surface area contributed by atoms with E-state index in [0.29, 0.717) is 6.54 Å². The molecule has 3 aromatic rings. The summed E-state index contributed by atoms with van der Waals surface area (Å²) in [5, 5.41) is 4.43. The van der Waals surface area contributed by atoms with E-state index in [1.54, 1.807) is 11.3 Å². The van der Waals surface area contributed by atoms with Crippen LogP contribution in [0, 0.1) is 0 Å². The number of nitrogens with two attached hydrogens (primary N) is 1. The Morgan fingerprint density at radius 1 is 1.29 bits per heavy atom. The maximum absolute atomic E-state index is 5.57. The Kier molecular flexibility index (Phi) is 2.66. The topological polar surface area (TPSA) is 54.7 Å². The van der Waals surface area contributed by atoms with Crippen LogP contribution >= 0.6 is 11.3 Å². The monoisotopic (exact) mass is 243 g/mol. The number of fused-ring (bicyclic) bond motifs is 1. The smallest absolute Gasteiger partial charge is 0.0973 e. The molecule has 0 radical (unpaired) electrons. The van der Waals surface area contributed by atoms with Crippen molar-refractivity contribution in [2.24, 2.45) is 5.73 Å². The van der Waals surface area contributed by atoms with E-state index in [1.165, 1.54) is 16.5 Å². The number of aromatic amines is 1. The van der Waals surface area contributed by atoms with Gasteiger partial charge in [-0.15, -0.1) is 11.3 Å². The third-order valence-electron chi connectivity index (χ3n) is 2.83. The van der Waals surface area contributed by atoms with Crippen molar-refractivity contribution < 1.29 is 0 Å². The molecule has 17 heavy (non-hydrogen) atoms. The molecule has 1 aromatic carbocycles. The van der Waals surface area contributed by atoms with Crippen LogP contribution in [0.25, 0.3) is 10.9 Å². The molecule has 4 heteroatoms. The van der Waals surface area contributed by atoms with E-state index in [-0.39, 0.29) is 0 Å². The number of rotatable bonds is 3. The maximum Gasteiger partial charge on any atom is 0.0973 e. The van der Waals surface area contributed by atoms with Gasteiger partial charge < -0.3 is 10.7 Å². The molecular formula is C13H13N3S. The van der Waals surface area contributed by atoms with Gasteiger partial charge in [-0.25, -0.2) is 4.98 Å². The number of nitrogens with one attached hydrogen (secondary N) is 1. The Balaban J connectivity index is 1.94. The van der Waals surface area contributed by atoms with Gasteiger partial charge in [-0.1, -0.05) is 18.2 Å². The van der Waals surface area contributed by atoms with Crippen LogP contribution < -0.4 is 5.73 Å². The molecule has 0 aliphatic heterocycles. The van der Waals surface area contributed by atoms with Crippen molar-refractivity contribution in [3.05, 3.63) is 52.1 Å². The van der Waals surface area contributed by atoms with Gasteiger partial charge in [0.05, 0.1) is 10.7 Å². The molecule has 0 saturated carbocycles. The van der Waals surface area contributed by atoms with E-state index < -0.39 is 0 Å². The summed E-state index contributed by atoms with van der Waals surface area (Å²) in [6, 6.07) is 8.33. The van der Waals surface area contributed by atoms with Crippen LogP contribution in [-0.2, 0) is 13.0 Å². The summed E-state index contributed by atoms with van der Waals surface area (Å²) in [7, 11) is 0. The average molecular weight is 243 g/mol. The van der Waals surface area contributed by atoms with Crippen molar-refractivity contribution in [3.8, 4) is 0 Å². The van der Waals surface area contributed by atoms with E-state index in [4.69, 9.17) is 5.73 Å². The van der Waals surface area contributed by atoms with Gasteiger partial charge in [0.1, 0.15) is 0 Å². The van der Waals surface area contributed by atoms with Crippen LogP contribution in [0.4, 0.5) is 0 Å². The van der Waals surface area contributed by atoms with Crippen molar-refractivity contribution >= 4 is 22.2 Å². The zero-order valence-electron chi connectivity index (χ0n) is 9.31. The van der Waals surface area contributed by atoms with E-state index in [9.17, 15) is 0 Å². The number of nitrogens with zero attached hydrogens (tertiary/aromatic N) is 1. The fourth-order valence-electron chi connectivity index (χ4n) is 1.96. The number of H-pyrrole nitrogens is 1. The second-order valence-corrected chi connectivity index (χ2v) is 4.92. The first kappa shape index (κ1) is 10.5. The average Bonchev–Trinajstić information content (AvgIpc) is 2.97. The molecule has 2 aromatic heterocycles. The lowest BCUT2D eigenvalue weighted by Gasteiger charge is -1.95. The highest BCUT2D eigenvalue weighted by Gasteiger charge is 2.06. The predicted octanol–water partition coefficient (Wildman–Crippen LogP) is 2.67. The highest BCUT2D eigenvalue weighted by atomic mass is 32.1. The minimum Gasteiger partial charge on any atom is -0.361 e. The first-order valence-electron chi connectivity index (χ1n) is 5.55. The summed E-state index contributed by atoms with van der Waals surface area (Å²) < 4.78 is 0. The number of hydrogen-bond acceptors (Lipinski definition) is 3. The van der Waals surface area contributed by atoms with Crippen LogP contribution in [0.15, 0.2) is 35.8 Å². The molecule has 0 unspecified atom stereocenters. The molecule has 0 bridgehead atoms. The largest absolute Gasteiger partial charge is 0.361 e. The van der Waals surface area contributed by atoms with Gasteiger partial charge in [0.25, 0.3) is 0 Å².